The summed E-state index contributed by atoms with van der Waals surface area (Å²) in [6, 6.07) is 9.45. The molecule has 1 aliphatic heterocycles. The van der Waals surface area contributed by atoms with Crippen molar-refractivity contribution in [2.24, 2.45) is 0 Å². The van der Waals surface area contributed by atoms with Gasteiger partial charge in [-0.2, -0.15) is 0 Å². The van der Waals surface area contributed by atoms with Crippen LogP contribution >= 0.6 is 0 Å². The van der Waals surface area contributed by atoms with Crippen molar-refractivity contribution in [1.82, 2.24) is 15.1 Å². The largest absolute Gasteiger partial charge is 0.444 e. The smallest absolute Gasteiger partial charge is 0.410 e. The number of hydrogen-bond acceptors (Lipinski definition) is 3. The number of nitrogens with one attached hydrogen (secondary N) is 1. The van der Waals surface area contributed by atoms with Crippen molar-refractivity contribution in [3.8, 4) is 11.8 Å². The lowest BCUT2D eigenvalue weighted by Gasteiger charge is -2.37. The van der Waals surface area contributed by atoms with E-state index in [1.807, 2.05) is 51.1 Å². The van der Waals surface area contributed by atoms with E-state index in [9.17, 15) is 9.59 Å². The highest BCUT2D eigenvalue weighted by Crippen LogP contribution is 2.18. The monoisotopic (exact) mass is 371 g/mol. The first kappa shape index (κ1) is 20.6. The van der Waals surface area contributed by atoms with E-state index in [1.54, 1.807) is 16.8 Å². The summed E-state index contributed by atoms with van der Waals surface area (Å²) >= 11 is 0. The Morgan fingerprint density at radius 3 is 2.67 bits per heavy atom. The third-order valence-corrected chi connectivity index (χ3v) is 4.25. The number of amides is 3. The number of carbonyl (C=O) groups excluding carboxylic acids is 2. The van der Waals surface area contributed by atoms with E-state index in [0.717, 1.165) is 18.4 Å². The third-order valence-electron chi connectivity index (χ3n) is 4.25. The minimum absolute atomic E-state index is 0.0465. The summed E-state index contributed by atoms with van der Waals surface area (Å²) in [5, 5.41) is 2.83. The van der Waals surface area contributed by atoms with Gasteiger partial charge in [0.2, 0.25) is 0 Å². The van der Waals surface area contributed by atoms with Crippen molar-refractivity contribution in [1.29, 1.82) is 0 Å². The van der Waals surface area contributed by atoms with Gasteiger partial charge in [-0.05, 0) is 45.7 Å². The topological polar surface area (TPSA) is 61.9 Å². The Bertz CT molecular complexity index is 701. The summed E-state index contributed by atoms with van der Waals surface area (Å²) in [7, 11) is 1.73. The first-order valence-corrected chi connectivity index (χ1v) is 9.29. The number of piperidine rings is 1. The predicted molar refractivity (Wildman–Crippen MR) is 105 cm³/mol. The lowest BCUT2D eigenvalue weighted by atomic mass is 10.1. The second kappa shape index (κ2) is 9.31. The molecule has 1 saturated heterocycles. The van der Waals surface area contributed by atoms with Crippen molar-refractivity contribution in [3.05, 3.63) is 35.9 Å². The van der Waals surface area contributed by atoms with Crippen LogP contribution in [0.3, 0.4) is 0 Å². The first-order valence-electron chi connectivity index (χ1n) is 9.29. The standard InChI is InChI=1S/C21H29N3O3/c1-21(2,3)27-20(26)23(4)18-13-9-15-24(16-18)19(25)22-14-8-12-17-10-6-5-7-11-17/h5-7,10-11,18H,9,13-16H2,1-4H3,(H,22,25). The van der Waals surface area contributed by atoms with Crippen molar-refractivity contribution < 1.29 is 14.3 Å². The number of urea groups is 1. The van der Waals surface area contributed by atoms with E-state index < -0.39 is 5.60 Å². The lowest BCUT2D eigenvalue weighted by molar-refractivity contribution is 0.0155. The van der Waals surface area contributed by atoms with Crippen molar-refractivity contribution in [2.75, 3.05) is 26.7 Å². The fourth-order valence-electron chi connectivity index (χ4n) is 2.84. The van der Waals surface area contributed by atoms with Crippen LogP contribution in [0.5, 0.6) is 0 Å². The SMILES string of the molecule is CN(C(=O)OC(C)(C)C)C1CCCN(C(=O)NCC#Cc2ccccc2)C1. The number of ether oxygens (including phenoxy) is 1. The van der Waals surface area contributed by atoms with Crippen LogP contribution in [0.15, 0.2) is 30.3 Å². The number of likely N-dealkylation sites (tertiary alicyclic amines) is 1. The van der Waals surface area contributed by atoms with Gasteiger partial charge in [0.25, 0.3) is 0 Å². The zero-order chi connectivity index (χ0) is 19.9. The predicted octanol–water partition coefficient (Wildman–Crippen LogP) is 3.08. The number of hydrogen-bond donors (Lipinski definition) is 1. The van der Waals surface area contributed by atoms with Gasteiger partial charge in [0, 0.05) is 25.7 Å². The van der Waals surface area contributed by atoms with Crippen LogP contribution in [-0.4, -0.2) is 60.2 Å². The van der Waals surface area contributed by atoms with Gasteiger partial charge in [-0.1, -0.05) is 30.0 Å². The van der Waals surface area contributed by atoms with Crippen LogP contribution in [0, 0.1) is 11.8 Å². The molecule has 0 spiro atoms. The van der Waals surface area contributed by atoms with Crippen LogP contribution < -0.4 is 5.32 Å². The molecule has 3 amide bonds. The molecule has 1 unspecified atom stereocenters. The van der Waals surface area contributed by atoms with Crippen LogP contribution in [0.4, 0.5) is 9.59 Å². The van der Waals surface area contributed by atoms with Gasteiger partial charge in [-0.15, -0.1) is 0 Å². The van der Waals surface area contributed by atoms with Gasteiger partial charge in [0.15, 0.2) is 0 Å². The number of carbonyl (C=O) groups is 2. The van der Waals surface area contributed by atoms with Gasteiger partial charge < -0.3 is 19.9 Å². The fourth-order valence-corrected chi connectivity index (χ4v) is 2.84. The number of benzene rings is 1. The minimum atomic E-state index is -0.533. The maximum atomic E-state index is 12.4. The molecule has 6 heteroatoms. The number of likely N-dealkylation sites (N-methyl/N-ethyl adjacent to an activating group) is 1. The first-order chi connectivity index (χ1) is 12.8. The second-order valence-electron chi connectivity index (χ2n) is 7.66. The lowest BCUT2D eigenvalue weighted by Crippen LogP contribution is -2.53. The van der Waals surface area contributed by atoms with Crippen LogP contribution in [0.1, 0.15) is 39.2 Å². The molecule has 1 N–H and O–H groups in total. The van der Waals surface area contributed by atoms with E-state index in [2.05, 4.69) is 17.2 Å². The Morgan fingerprint density at radius 1 is 1.30 bits per heavy atom. The zero-order valence-corrected chi connectivity index (χ0v) is 16.6. The summed E-state index contributed by atoms with van der Waals surface area (Å²) in [6.45, 7) is 6.99. The molecule has 1 aromatic rings. The summed E-state index contributed by atoms with van der Waals surface area (Å²) in [5.74, 6) is 5.97. The molecule has 1 heterocycles. The molecular formula is C21H29N3O3. The summed E-state index contributed by atoms with van der Waals surface area (Å²) in [4.78, 5) is 28.0. The molecule has 1 fully saturated rings. The van der Waals surface area contributed by atoms with Gasteiger partial charge in [-0.25, -0.2) is 9.59 Å². The average molecular weight is 371 g/mol. The van der Waals surface area contributed by atoms with E-state index in [1.165, 1.54) is 0 Å². The van der Waals surface area contributed by atoms with Crippen LogP contribution in [0.2, 0.25) is 0 Å². The molecule has 1 atom stereocenters. The van der Waals surface area contributed by atoms with Gasteiger partial charge in [0.1, 0.15) is 5.60 Å². The van der Waals surface area contributed by atoms with Gasteiger partial charge in [0.05, 0.1) is 12.6 Å². The van der Waals surface area contributed by atoms with E-state index in [-0.39, 0.29) is 24.7 Å². The Morgan fingerprint density at radius 2 is 2.00 bits per heavy atom. The Kier molecular flexibility index (Phi) is 7.12. The molecule has 1 aromatic carbocycles. The van der Waals surface area contributed by atoms with Crippen molar-refractivity contribution in [2.45, 2.75) is 45.3 Å². The van der Waals surface area contributed by atoms with Gasteiger partial charge in [-0.3, -0.25) is 0 Å². The molecule has 2 rings (SSSR count). The average Bonchev–Trinajstić information content (AvgIpc) is 2.64. The van der Waals surface area contributed by atoms with Crippen molar-refractivity contribution in [3.63, 3.8) is 0 Å². The molecule has 0 saturated carbocycles. The maximum Gasteiger partial charge on any atom is 0.410 e. The highest BCUT2D eigenvalue weighted by Gasteiger charge is 2.30. The third kappa shape index (κ3) is 6.86. The Balaban J connectivity index is 1.83. The van der Waals surface area contributed by atoms with E-state index in [4.69, 9.17) is 4.74 Å². The molecule has 146 valence electrons. The summed E-state index contributed by atoms with van der Waals surface area (Å²) in [5.41, 5.74) is 0.387. The van der Waals surface area contributed by atoms with Gasteiger partial charge >= 0.3 is 12.1 Å². The molecule has 0 aromatic heterocycles. The van der Waals surface area contributed by atoms with Crippen LogP contribution in [-0.2, 0) is 4.74 Å². The minimum Gasteiger partial charge on any atom is -0.444 e. The quantitative estimate of drug-likeness (QED) is 0.813. The van der Waals surface area contributed by atoms with E-state index in [0.29, 0.717) is 13.1 Å². The Labute approximate surface area is 161 Å². The highest BCUT2D eigenvalue weighted by molar-refractivity contribution is 5.75. The summed E-state index contributed by atoms with van der Waals surface area (Å²) in [6.07, 6.45) is 1.34. The zero-order valence-electron chi connectivity index (χ0n) is 16.6. The molecule has 0 aliphatic carbocycles. The van der Waals surface area contributed by atoms with Crippen LogP contribution in [0.25, 0.3) is 0 Å². The number of rotatable bonds is 2. The molecule has 27 heavy (non-hydrogen) atoms. The second-order valence-corrected chi connectivity index (χ2v) is 7.66. The fraction of sp³-hybridized carbons (Fsp3) is 0.524. The molecule has 0 bridgehead atoms. The molecule has 6 nitrogen and oxygen atoms in total. The molecular weight excluding hydrogens is 342 g/mol. The maximum absolute atomic E-state index is 12.4. The highest BCUT2D eigenvalue weighted by atomic mass is 16.6. The Hall–Kier alpha value is -2.68. The summed E-state index contributed by atoms with van der Waals surface area (Å²) < 4.78 is 5.42. The van der Waals surface area contributed by atoms with E-state index >= 15 is 0 Å². The normalized spacial score (nSPS) is 16.7. The van der Waals surface area contributed by atoms with Crippen molar-refractivity contribution >= 4 is 12.1 Å². The molecule has 0 radical (unpaired) electrons. The molecule has 1 aliphatic rings. The number of nitrogens with zero attached hydrogens (tertiary/aromatic N) is 2.